The molecule has 0 N–H and O–H groups in total. The van der Waals surface area contributed by atoms with Gasteiger partial charge in [-0.2, -0.15) is 26.3 Å². The molecule has 1 heterocycles. The Balaban J connectivity index is 2.17. The molecule has 1 atom stereocenters. The van der Waals surface area contributed by atoms with Gasteiger partial charge in [-0.15, -0.1) is 0 Å². The van der Waals surface area contributed by atoms with Gasteiger partial charge in [0.05, 0.1) is 6.10 Å². The number of carbonyl (C=O) groups is 1. The molecule has 6 nitrogen and oxygen atoms in total. The van der Waals surface area contributed by atoms with Crippen molar-refractivity contribution >= 4 is 23.4 Å². The summed E-state index contributed by atoms with van der Waals surface area (Å²) in [6.45, 7) is 10.6. The highest BCUT2D eigenvalue weighted by Gasteiger charge is 2.60. The van der Waals surface area contributed by atoms with Crippen LogP contribution in [0.2, 0.25) is 5.02 Å². The Hall–Kier alpha value is -1.92. The summed E-state index contributed by atoms with van der Waals surface area (Å²) in [5, 5.41) is 0.592. The standard InChI is InChI=1S/C26H38ClF6N3O3/c1-6-20(38-5)17-34(7-2)21-15-19(27)10-9-18(21)16-36(8-3)24(4)11-13-35(14-12-24)23(37)39-22(25(28,29)30)26(31,32)33/h9-10,15,20,22H,6-8,11-14,16-17H2,1-5H3. The number of hydrogen-bond donors (Lipinski definition) is 0. The molecular formula is C26H38ClF6N3O3. The van der Waals surface area contributed by atoms with E-state index in [1.54, 1.807) is 7.11 Å². The van der Waals surface area contributed by atoms with Gasteiger partial charge in [-0.05, 0) is 57.4 Å². The fourth-order valence-corrected chi connectivity index (χ4v) is 5.02. The topological polar surface area (TPSA) is 45.2 Å². The maximum Gasteiger partial charge on any atom is 0.434 e. The Bertz CT molecular complexity index is 920. The van der Waals surface area contributed by atoms with Crippen LogP contribution >= 0.6 is 11.6 Å². The van der Waals surface area contributed by atoms with Crippen LogP contribution in [0.5, 0.6) is 0 Å². The lowest BCUT2D eigenvalue weighted by molar-refractivity contribution is -0.308. The average Bonchev–Trinajstić information content (AvgIpc) is 2.86. The molecule has 13 heteroatoms. The molecular weight excluding hydrogens is 552 g/mol. The number of halogens is 7. The Morgan fingerprint density at radius 2 is 1.67 bits per heavy atom. The van der Waals surface area contributed by atoms with Gasteiger partial charge in [0.2, 0.25) is 0 Å². The molecule has 1 aromatic rings. The van der Waals surface area contributed by atoms with Gasteiger partial charge in [-0.1, -0.05) is 31.5 Å². The van der Waals surface area contributed by atoms with Crippen LogP contribution in [0.15, 0.2) is 18.2 Å². The van der Waals surface area contributed by atoms with Crippen molar-refractivity contribution in [2.24, 2.45) is 0 Å². The Morgan fingerprint density at radius 1 is 1.08 bits per heavy atom. The zero-order chi connectivity index (χ0) is 29.6. The first-order valence-corrected chi connectivity index (χ1v) is 13.4. The second-order valence-corrected chi connectivity index (χ2v) is 10.4. The van der Waals surface area contributed by atoms with Crippen molar-refractivity contribution in [1.82, 2.24) is 9.80 Å². The van der Waals surface area contributed by atoms with E-state index < -0.39 is 30.1 Å². The number of hydrogen-bond acceptors (Lipinski definition) is 5. The Morgan fingerprint density at radius 3 is 2.13 bits per heavy atom. The number of amides is 1. The van der Waals surface area contributed by atoms with Gasteiger partial charge in [0, 0.05) is 56.1 Å². The van der Waals surface area contributed by atoms with E-state index in [1.807, 2.05) is 39.0 Å². The lowest BCUT2D eigenvalue weighted by Crippen LogP contribution is -2.55. The molecule has 1 amide bonds. The van der Waals surface area contributed by atoms with Crippen LogP contribution in [0, 0.1) is 0 Å². The molecule has 0 spiro atoms. The first-order chi connectivity index (χ1) is 18.1. The maximum atomic E-state index is 12.8. The van der Waals surface area contributed by atoms with Crippen molar-refractivity contribution in [2.75, 3.05) is 44.7 Å². The van der Waals surface area contributed by atoms with E-state index in [0.29, 0.717) is 37.5 Å². The van der Waals surface area contributed by atoms with Crippen molar-refractivity contribution in [3.05, 3.63) is 28.8 Å². The molecule has 1 aliphatic rings. The molecule has 1 aromatic carbocycles. The Labute approximate surface area is 231 Å². The van der Waals surface area contributed by atoms with E-state index in [0.717, 1.165) is 29.1 Å². The molecule has 0 aromatic heterocycles. The molecule has 0 radical (unpaired) electrons. The first-order valence-electron chi connectivity index (χ1n) is 13.0. The number of anilines is 1. The Kier molecular flexibility index (Phi) is 11.6. The SMILES string of the molecule is CCC(CN(CC)c1cc(Cl)ccc1CN(CC)C1(C)CCN(C(=O)OC(C(F)(F)F)C(F)(F)F)CC1)OC. The number of methoxy groups -OCH3 is 1. The van der Waals surface area contributed by atoms with Gasteiger partial charge >= 0.3 is 18.4 Å². The number of alkyl halides is 6. The van der Waals surface area contributed by atoms with Crippen LogP contribution in [0.3, 0.4) is 0 Å². The fraction of sp³-hybridized carbons (Fsp3) is 0.731. The molecule has 1 unspecified atom stereocenters. The minimum Gasteiger partial charge on any atom is -0.426 e. The van der Waals surface area contributed by atoms with Crippen LogP contribution in [0.1, 0.15) is 52.5 Å². The zero-order valence-electron chi connectivity index (χ0n) is 23.0. The second-order valence-electron chi connectivity index (χ2n) is 9.92. The summed E-state index contributed by atoms with van der Waals surface area (Å²) in [6, 6.07) is 5.69. The normalized spacial score (nSPS) is 17.0. The summed E-state index contributed by atoms with van der Waals surface area (Å²) in [6.07, 6.45) is -15.7. The van der Waals surface area contributed by atoms with Crippen LogP contribution in [-0.4, -0.2) is 85.8 Å². The lowest BCUT2D eigenvalue weighted by Gasteiger charge is -2.46. The minimum absolute atomic E-state index is 0.0329. The summed E-state index contributed by atoms with van der Waals surface area (Å²) >= 11 is 6.34. The van der Waals surface area contributed by atoms with Gasteiger partial charge in [0.15, 0.2) is 0 Å². The highest BCUT2D eigenvalue weighted by Crippen LogP contribution is 2.37. The smallest absolute Gasteiger partial charge is 0.426 e. The number of likely N-dealkylation sites (tertiary alicyclic amines) is 1. The third-order valence-corrected chi connectivity index (χ3v) is 7.64. The predicted octanol–water partition coefficient (Wildman–Crippen LogP) is 6.90. The molecule has 1 saturated heterocycles. The van der Waals surface area contributed by atoms with Gasteiger partial charge in [-0.3, -0.25) is 4.90 Å². The van der Waals surface area contributed by atoms with Crippen molar-refractivity contribution in [3.8, 4) is 0 Å². The van der Waals surface area contributed by atoms with E-state index in [1.165, 1.54) is 0 Å². The van der Waals surface area contributed by atoms with E-state index >= 15 is 0 Å². The number of ether oxygens (including phenoxy) is 2. The molecule has 224 valence electrons. The van der Waals surface area contributed by atoms with Crippen LogP contribution in [0.25, 0.3) is 0 Å². The third kappa shape index (κ3) is 8.78. The van der Waals surface area contributed by atoms with Crippen LogP contribution in [0.4, 0.5) is 36.8 Å². The fourth-order valence-electron chi connectivity index (χ4n) is 4.85. The first kappa shape index (κ1) is 33.3. The van der Waals surface area contributed by atoms with Crippen molar-refractivity contribution < 1.29 is 40.6 Å². The number of rotatable bonds is 11. The highest BCUT2D eigenvalue weighted by atomic mass is 35.5. The molecule has 2 rings (SSSR count). The summed E-state index contributed by atoms with van der Waals surface area (Å²) < 4.78 is 86.5. The monoisotopic (exact) mass is 589 g/mol. The molecule has 39 heavy (non-hydrogen) atoms. The van der Waals surface area contributed by atoms with Crippen molar-refractivity contribution in [2.45, 2.75) is 83.6 Å². The minimum atomic E-state index is -5.75. The molecule has 0 bridgehead atoms. The highest BCUT2D eigenvalue weighted by molar-refractivity contribution is 6.30. The lowest BCUT2D eigenvalue weighted by atomic mass is 9.87. The zero-order valence-corrected chi connectivity index (χ0v) is 23.7. The van der Waals surface area contributed by atoms with Gasteiger partial charge < -0.3 is 19.3 Å². The van der Waals surface area contributed by atoms with Crippen molar-refractivity contribution in [1.29, 1.82) is 0 Å². The van der Waals surface area contributed by atoms with E-state index in [9.17, 15) is 31.1 Å². The largest absolute Gasteiger partial charge is 0.434 e. The molecule has 1 aliphatic heterocycles. The number of piperidine rings is 1. The summed E-state index contributed by atoms with van der Waals surface area (Å²) in [5.74, 6) is 0. The summed E-state index contributed by atoms with van der Waals surface area (Å²) in [7, 11) is 1.68. The quantitative estimate of drug-likeness (QED) is 0.263. The number of likely N-dealkylation sites (N-methyl/N-ethyl adjacent to an activating group) is 1. The van der Waals surface area contributed by atoms with Gasteiger partial charge in [0.1, 0.15) is 0 Å². The van der Waals surface area contributed by atoms with Crippen molar-refractivity contribution in [3.63, 3.8) is 0 Å². The number of nitrogens with zero attached hydrogens (tertiary/aromatic N) is 3. The summed E-state index contributed by atoms with van der Waals surface area (Å²) in [4.78, 5) is 17.5. The third-order valence-electron chi connectivity index (χ3n) is 7.40. The predicted molar refractivity (Wildman–Crippen MR) is 138 cm³/mol. The maximum absolute atomic E-state index is 12.8. The van der Waals surface area contributed by atoms with Gasteiger partial charge in [-0.25, -0.2) is 4.79 Å². The molecule has 0 saturated carbocycles. The van der Waals surface area contributed by atoms with E-state index in [4.69, 9.17) is 16.3 Å². The average molecular weight is 590 g/mol. The molecule has 1 fully saturated rings. The number of carbonyl (C=O) groups excluding carboxylic acids is 1. The van der Waals surface area contributed by atoms with Crippen LogP contribution < -0.4 is 4.90 Å². The molecule has 0 aliphatic carbocycles. The second kappa shape index (κ2) is 13.6. The summed E-state index contributed by atoms with van der Waals surface area (Å²) in [5.41, 5.74) is 1.54. The van der Waals surface area contributed by atoms with Gasteiger partial charge in [0.25, 0.3) is 6.10 Å². The van der Waals surface area contributed by atoms with E-state index in [2.05, 4.69) is 21.5 Å². The van der Waals surface area contributed by atoms with E-state index in [-0.39, 0.29) is 19.2 Å². The number of benzene rings is 1. The van der Waals surface area contributed by atoms with Crippen LogP contribution in [-0.2, 0) is 16.0 Å².